The van der Waals surface area contributed by atoms with Crippen LogP contribution in [0.15, 0.2) is 41.5 Å². The van der Waals surface area contributed by atoms with Crippen LogP contribution in [0.5, 0.6) is 0 Å². The third-order valence-electron chi connectivity index (χ3n) is 3.35. The molecule has 1 N–H and O–H groups in total. The Balaban J connectivity index is 1.98. The van der Waals surface area contributed by atoms with Gasteiger partial charge in [0.2, 0.25) is 5.82 Å². The van der Waals surface area contributed by atoms with Gasteiger partial charge in [-0.15, -0.1) is 11.3 Å². The maximum Gasteiger partial charge on any atom is 0.451 e. The molecule has 3 aromatic rings. The Morgan fingerprint density at radius 2 is 1.85 bits per heavy atom. The topological polar surface area (TPSA) is 90.3 Å². The van der Waals surface area contributed by atoms with Crippen LogP contribution in [0, 0.1) is 0 Å². The first kappa shape index (κ1) is 17.8. The van der Waals surface area contributed by atoms with Crippen LogP contribution in [-0.4, -0.2) is 21.6 Å². The molecule has 1 aromatic carbocycles. The van der Waals surface area contributed by atoms with Crippen LogP contribution in [0.25, 0.3) is 10.9 Å². The van der Waals surface area contributed by atoms with Crippen LogP contribution in [0.1, 0.15) is 27.3 Å². The maximum atomic E-state index is 13.0. The number of hydrazone groups is 1. The van der Waals surface area contributed by atoms with Crippen molar-refractivity contribution >= 4 is 39.7 Å². The monoisotopic (exact) mass is 379 g/mol. The van der Waals surface area contributed by atoms with Gasteiger partial charge in [-0.05, 0) is 31.2 Å². The highest BCUT2D eigenvalue weighted by atomic mass is 32.1. The third-order valence-corrected chi connectivity index (χ3v) is 4.52. The number of thiophene rings is 1. The lowest BCUT2D eigenvalue weighted by Crippen LogP contribution is -2.20. The Labute approximate surface area is 149 Å². The minimum absolute atomic E-state index is 0.0291. The number of nitrogens with one attached hydrogen (secondary N) is 1. The van der Waals surface area contributed by atoms with Crippen molar-refractivity contribution in [2.24, 2.45) is 5.10 Å². The van der Waals surface area contributed by atoms with Crippen LogP contribution in [0.4, 0.5) is 19.0 Å². The number of fused-ring (bicyclic) bond motifs is 1. The number of hydrogen-bond acceptors (Lipinski definition) is 7. The van der Waals surface area contributed by atoms with Gasteiger partial charge in [0.1, 0.15) is 0 Å². The van der Waals surface area contributed by atoms with E-state index in [0.717, 1.165) is 11.3 Å². The Hall–Kier alpha value is -3.01. The molecule has 0 bridgehead atoms. The van der Waals surface area contributed by atoms with E-state index in [2.05, 4.69) is 20.5 Å². The third kappa shape index (κ3) is 3.64. The first-order valence-electron chi connectivity index (χ1n) is 7.21. The lowest BCUT2D eigenvalue weighted by atomic mass is 10.2. The highest BCUT2D eigenvalue weighted by Gasteiger charge is 2.35. The highest BCUT2D eigenvalue weighted by molar-refractivity contribution is 7.15. The van der Waals surface area contributed by atoms with Crippen LogP contribution in [0.3, 0.4) is 0 Å². The van der Waals surface area contributed by atoms with Crippen molar-refractivity contribution in [3.05, 3.63) is 52.0 Å². The number of carbonyl (C=O) groups excluding carboxylic acids is 1. The largest absolute Gasteiger partial charge is 0.544 e. The number of aromatic carboxylic acids is 1. The SMILES string of the molecule is C/C(=N/Nc1nc(C(F)(F)F)nc2ccccc12)c1ccc(C(=O)[O-])s1. The number of benzene rings is 1. The van der Waals surface area contributed by atoms with Crippen molar-refractivity contribution < 1.29 is 23.1 Å². The molecule has 0 fully saturated rings. The van der Waals surface area contributed by atoms with Crippen LogP contribution in [-0.2, 0) is 6.18 Å². The summed E-state index contributed by atoms with van der Waals surface area (Å²) in [7, 11) is 0. The lowest BCUT2D eigenvalue weighted by molar-refractivity contribution is -0.254. The van der Waals surface area contributed by atoms with E-state index < -0.39 is 18.0 Å². The quantitative estimate of drug-likeness (QED) is 0.556. The van der Waals surface area contributed by atoms with Gasteiger partial charge >= 0.3 is 6.18 Å². The van der Waals surface area contributed by atoms with Crippen molar-refractivity contribution in [1.82, 2.24) is 9.97 Å². The predicted octanol–water partition coefficient (Wildman–Crippen LogP) is 2.91. The van der Waals surface area contributed by atoms with E-state index in [1.54, 1.807) is 25.1 Å². The van der Waals surface area contributed by atoms with Gasteiger partial charge in [0.25, 0.3) is 0 Å². The van der Waals surface area contributed by atoms with Gasteiger partial charge in [-0.3, -0.25) is 5.43 Å². The maximum absolute atomic E-state index is 13.0. The normalized spacial score (nSPS) is 12.4. The number of carboxylic acid groups (broad SMARTS) is 1. The minimum atomic E-state index is -4.70. The van der Waals surface area contributed by atoms with E-state index in [9.17, 15) is 23.1 Å². The summed E-state index contributed by atoms with van der Waals surface area (Å²) in [5.41, 5.74) is 3.03. The molecule has 134 valence electrons. The summed E-state index contributed by atoms with van der Waals surface area (Å²) in [6, 6.07) is 9.14. The molecule has 0 aliphatic carbocycles. The van der Waals surface area contributed by atoms with Gasteiger partial charge in [-0.1, -0.05) is 12.1 Å². The van der Waals surface area contributed by atoms with Crippen LogP contribution >= 0.6 is 11.3 Å². The average Bonchev–Trinajstić information content (AvgIpc) is 3.09. The van der Waals surface area contributed by atoms with Crippen molar-refractivity contribution in [1.29, 1.82) is 0 Å². The Morgan fingerprint density at radius 1 is 1.15 bits per heavy atom. The standard InChI is InChI=1S/C16H11F3N4O2S/c1-8(11-6-7-12(26-11)14(24)25)22-23-13-9-4-2-3-5-10(9)20-15(21-13)16(17,18)19/h2-7H,1H3,(H,24,25)(H,20,21,23)/p-1/b22-8-. The van der Waals surface area contributed by atoms with Gasteiger partial charge in [-0.25, -0.2) is 9.97 Å². The van der Waals surface area contributed by atoms with Gasteiger partial charge in [0, 0.05) is 5.39 Å². The fourth-order valence-corrected chi connectivity index (χ4v) is 2.91. The van der Waals surface area contributed by atoms with Crippen LogP contribution < -0.4 is 10.5 Å². The number of nitrogens with zero attached hydrogens (tertiary/aromatic N) is 3. The molecule has 0 unspecified atom stereocenters. The Morgan fingerprint density at radius 3 is 2.50 bits per heavy atom. The predicted molar refractivity (Wildman–Crippen MR) is 89.0 cm³/mol. The van der Waals surface area contributed by atoms with Gasteiger partial charge in [0.05, 0.1) is 27.0 Å². The molecule has 3 rings (SSSR count). The second kappa shape index (κ2) is 6.71. The van der Waals surface area contributed by atoms with Crippen molar-refractivity contribution in [2.75, 3.05) is 5.43 Å². The second-order valence-corrected chi connectivity index (χ2v) is 6.25. The Kier molecular flexibility index (Phi) is 4.60. The zero-order valence-electron chi connectivity index (χ0n) is 13.2. The number of alkyl halides is 3. The van der Waals surface area contributed by atoms with Gasteiger partial charge in [0.15, 0.2) is 5.82 Å². The number of aromatic nitrogens is 2. The van der Waals surface area contributed by atoms with E-state index in [0.29, 0.717) is 16.0 Å². The Bertz CT molecular complexity index is 1010. The molecule has 2 heterocycles. The average molecular weight is 379 g/mol. The zero-order chi connectivity index (χ0) is 18.9. The molecule has 0 aliphatic rings. The molecule has 26 heavy (non-hydrogen) atoms. The molecule has 0 saturated carbocycles. The van der Waals surface area contributed by atoms with E-state index in [1.807, 2.05) is 0 Å². The number of halogens is 3. The van der Waals surface area contributed by atoms with E-state index in [4.69, 9.17) is 0 Å². The van der Waals surface area contributed by atoms with Gasteiger partial charge < -0.3 is 9.90 Å². The molecule has 0 aliphatic heterocycles. The number of rotatable bonds is 4. The first-order valence-corrected chi connectivity index (χ1v) is 8.03. The lowest BCUT2D eigenvalue weighted by Gasteiger charge is -2.10. The first-order chi connectivity index (χ1) is 12.3. The van der Waals surface area contributed by atoms with E-state index in [1.165, 1.54) is 18.2 Å². The second-order valence-electron chi connectivity index (χ2n) is 5.17. The zero-order valence-corrected chi connectivity index (χ0v) is 14.0. The summed E-state index contributed by atoms with van der Waals surface area (Å²) in [5.74, 6) is -2.68. The van der Waals surface area contributed by atoms with Crippen molar-refractivity contribution in [3.63, 3.8) is 0 Å². The summed E-state index contributed by atoms with van der Waals surface area (Å²) in [4.78, 5) is 18.4. The molecular formula is C16H10F3N4O2S-. The summed E-state index contributed by atoms with van der Waals surface area (Å²) in [6.07, 6.45) is -4.70. The van der Waals surface area contributed by atoms with E-state index in [-0.39, 0.29) is 16.2 Å². The molecule has 0 saturated heterocycles. The van der Waals surface area contributed by atoms with Crippen molar-refractivity contribution in [2.45, 2.75) is 13.1 Å². The highest BCUT2D eigenvalue weighted by Crippen LogP contribution is 2.30. The molecular weight excluding hydrogens is 369 g/mol. The summed E-state index contributed by atoms with van der Waals surface area (Å²) in [6.45, 7) is 1.59. The number of anilines is 1. The molecule has 10 heteroatoms. The molecule has 0 spiro atoms. The summed E-state index contributed by atoms with van der Waals surface area (Å²) < 4.78 is 39.0. The van der Waals surface area contributed by atoms with Crippen LogP contribution in [0.2, 0.25) is 0 Å². The molecule has 0 radical (unpaired) electrons. The fourth-order valence-electron chi connectivity index (χ4n) is 2.12. The fraction of sp³-hybridized carbons (Fsp3) is 0.125. The molecule has 0 atom stereocenters. The van der Waals surface area contributed by atoms with Gasteiger partial charge in [-0.2, -0.15) is 18.3 Å². The van der Waals surface area contributed by atoms with E-state index >= 15 is 0 Å². The number of para-hydroxylation sites is 1. The minimum Gasteiger partial charge on any atom is -0.544 e. The summed E-state index contributed by atoms with van der Waals surface area (Å²) in [5, 5.41) is 15.2. The molecule has 0 amide bonds. The number of carbonyl (C=O) groups is 1. The number of carboxylic acids is 1. The summed E-state index contributed by atoms with van der Waals surface area (Å²) >= 11 is 0.950. The van der Waals surface area contributed by atoms with Crippen molar-refractivity contribution in [3.8, 4) is 0 Å². The molecule has 2 aromatic heterocycles. The number of hydrogen-bond donors (Lipinski definition) is 1. The smallest absolute Gasteiger partial charge is 0.451 e. The molecule has 6 nitrogen and oxygen atoms in total.